The average Bonchev–Trinajstić information content (AvgIpc) is 2.88. The number of nitrogens with one attached hydrogen (secondary N) is 1. The molecule has 3 rings (SSSR count). The van der Waals surface area contributed by atoms with E-state index in [-0.39, 0.29) is 18.4 Å². The standard InChI is InChI=1S/C13H14Cl2N4O.ClH/c1-19-6-5-16-7-10(19)12-17-13(20-18-12)11-8(14)3-2-4-9(11)15;/h2-4,10,16H,5-7H2,1H3;1H. The van der Waals surface area contributed by atoms with Crippen LogP contribution >= 0.6 is 35.6 Å². The highest BCUT2D eigenvalue weighted by Crippen LogP contribution is 2.34. The summed E-state index contributed by atoms with van der Waals surface area (Å²) in [5, 5.41) is 8.39. The molecule has 0 radical (unpaired) electrons. The van der Waals surface area contributed by atoms with Crippen LogP contribution in [0, 0.1) is 0 Å². The molecule has 1 aromatic heterocycles. The number of nitrogens with zero attached hydrogens (tertiary/aromatic N) is 3. The number of hydrogen-bond acceptors (Lipinski definition) is 5. The van der Waals surface area contributed by atoms with Gasteiger partial charge < -0.3 is 9.84 Å². The van der Waals surface area contributed by atoms with Crippen molar-refractivity contribution in [3.63, 3.8) is 0 Å². The molecule has 0 aliphatic carbocycles. The molecule has 21 heavy (non-hydrogen) atoms. The molecule has 1 unspecified atom stereocenters. The molecular formula is C13H15Cl3N4O. The van der Waals surface area contributed by atoms with Crippen molar-refractivity contribution in [1.82, 2.24) is 20.4 Å². The Balaban J connectivity index is 0.00000161. The summed E-state index contributed by atoms with van der Waals surface area (Å²) in [5.41, 5.74) is 0.584. The van der Waals surface area contributed by atoms with E-state index in [4.69, 9.17) is 27.7 Å². The molecule has 1 N–H and O–H groups in total. The fraction of sp³-hybridized carbons (Fsp3) is 0.385. The number of aromatic nitrogens is 2. The molecule has 1 fully saturated rings. The van der Waals surface area contributed by atoms with Crippen LogP contribution < -0.4 is 5.32 Å². The molecule has 1 atom stereocenters. The van der Waals surface area contributed by atoms with E-state index in [1.54, 1.807) is 18.2 Å². The van der Waals surface area contributed by atoms with Crippen LogP contribution in [0.15, 0.2) is 22.7 Å². The summed E-state index contributed by atoms with van der Waals surface area (Å²) in [6.45, 7) is 2.71. The predicted molar refractivity (Wildman–Crippen MR) is 85.2 cm³/mol. The second-order valence-electron chi connectivity index (χ2n) is 4.75. The van der Waals surface area contributed by atoms with Crippen molar-refractivity contribution in [1.29, 1.82) is 0 Å². The quantitative estimate of drug-likeness (QED) is 0.903. The Bertz CT molecular complexity index is 599. The minimum absolute atomic E-state index is 0. The number of halogens is 3. The smallest absolute Gasteiger partial charge is 0.261 e. The lowest BCUT2D eigenvalue weighted by Crippen LogP contribution is -2.44. The van der Waals surface area contributed by atoms with Crippen LogP contribution in [0.5, 0.6) is 0 Å². The van der Waals surface area contributed by atoms with Gasteiger partial charge in [-0.2, -0.15) is 4.98 Å². The molecule has 2 aromatic rings. The molecule has 0 amide bonds. The van der Waals surface area contributed by atoms with Gasteiger partial charge in [-0.1, -0.05) is 34.4 Å². The van der Waals surface area contributed by atoms with Crippen molar-refractivity contribution in [2.45, 2.75) is 6.04 Å². The highest BCUT2D eigenvalue weighted by atomic mass is 35.5. The van der Waals surface area contributed by atoms with Crippen LogP contribution in [0.1, 0.15) is 11.9 Å². The van der Waals surface area contributed by atoms with E-state index in [2.05, 4.69) is 20.4 Å². The van der Waals surface area contributed by atoms with Crippen LogP contribution in [0.2, 0.25) is 10.0 Å². The van der Waals surface area contributed by atoms with E-state index < -0.39 is 0 Å². The van der Waals surface area contributed by atoms with Gasteiger partial charge in [-0.15, -0.1) is 12.4 Å². The molecule has 5 nitrogen and oxygen atoms in total. The van der Waals surface area contributed by atoms with Gasteiger partial charge in [0.05, 0.1) is 21.7 Å². The van der Waals surface area contributed by atoms with E-state index in [0.717, 1.165) is 19.6 Å². The zero-order valence-corrected chi connectivity index (χ0v) is 13.7. The zero-order chi connectivity index (χ0) is 14.1. The van der Waals surface area contributed by atoms with Gasteiger partial charge in [-0.25, -0.2) is 0 Å². The number of likely N-dealkylation sites (N-methyl/N-ethyl adjacent to an activating group) is 1. The molecule has 1 aromatic carbocycles. The zero-order valence-electron chi connectivity index (χ0n) is 11.3. The van der Waals surface area contributed by atoms with Gasteiger partial charge in [-0.05, 0) is 19.2 Å². The fourth-order valence-electron chi connectivity index (χ4n) is 2.27. The van der Waals surface area contributed by atoms with Crippen molar-refractivity contribution in [2.24, 2.45) is 0 Å². The van der Waals surface area contributed by atoms with E-state index >= 15 is 0 Å². The van der Waals surface area contributed by atoms with E-state index in [1.165, 1.54) is 0 Å². The number of hydrogen-bond donors (Lipinski definition) is 1. The Hall–Kier alpha value is -0.850. The Morgan fingerprint density at radius 2 is 2.05 bits per heavy atom. The normalized spacial score (nSPS) is 19.3. The number of piperazine rings is 1. The Morgan fingerprint density at radius 3 is 2.71 bits per heavy atom. The van der Waals surface area contributed by atoms with E-state index in [9.17, 15) is 0 Å². The lowest BCUT2D eigenvalue weighted by molar-refractivity contribution is 0.190. The average molecular weight is 350 g/mol. The van der Waals surface area contributed by atoms with E-state index in [1.807, 2.05) is 7.05 Å². The van der Waals surface area contributed by atoms with Gasteiger partial charge in [0, 0.05) is 19.6 Å². The Labute approximate surface area is 139 Å². The molecule has 2 heterocycles. The predicted octanol–water partition coefficient (Wildman–Crippen LogP) is 3.04. The summed E-state index contributed by atoms with van der Waals surface area (Å²) in [7, 11) is 2.05. The minimum Gasteiger partial charge on any atom is -0.334 e. The van der Waals surface area contributed by atoms with Gasteiger partial charge in [0.25, 0.3) is 5.89 Å². The lowest BCUT2D eigenvalue weighted by atomic mass is 10.2. The third-order valence-corrected chi connectivity index (χ3v) is 4.06. The van der Waals surface area contributed by atoms with Crippen LogP contribution in [0.4, 0.5) is 0 Å². The van der Waals surface area contributed by atoms with Gasteiger partial charge in [-0.3, -0.25) is 4.90 Å². The Kier molecular flexibility index (Phi) is 5.46. The first-order valence-corrected chi connectivity index (χ1v) is 7.11. The maximum Gasteiger partial charge on any atom is 0.261 e. The molecule has 1 aliphatic heterocycles. The third kappa shape index (κ3) is 3.33. The second-order valence-corrected chi connectivity index (χ2v) is 5.57. The molecule has 0 spiro atoms. The van der Waals surface area contributed by atoms with Crippen LogP contribution in [0.25, 0.3) is 11.5 Å². The third-order valence-electron chi connectivity index (χ3n) is 3.43. The van der Waals surface area contributed by atoms with E-state index in [0.29, 0.717) is 27.3 Å². The minimum atomic E-state index is 0. The Morgan fingerprint density at radius 1 is 1.33 bits per heavy atom. The van der Waals surface area contributed by atoms with Crippen molar-refractivity contribution >= 4 is 35.6 Å². The molecule has 0 bridgehead atoms. The van der Waals surface area contributed by atoms with Crippen molar-refractivity contribution in [3.8, 4) is 11.5 Å². The number of rotatable bonds is 2. The largest absolute Gasteiger partial charge is 0.334 e. The van der Waals surface area contributed by atoms with Crippen LogP contribution in [0.3, 0.4) is 0 Å². The van der Waals surface area contributed by atoms with Gasteiger partial charge in [0.1, 0.15) is 0 Å². The maximum atomic E-state index is 6.15. The number of benzene rings is 1. The topological polar surface area (TPSA) is 54.2 Å². The summed E-state index contributed by atoms with van der Waals surface area (Å²) >= 11 is 12.3. The summed E-state index contributed by atoms with van der Waals surface area (Å²) in [6.07, 6.45) is 0. The molecule has 8 heteroatoms. The highest BCUT2D eigenvalue weighted by Gasteiger charge is 2.26. The lowest BCUT2D eigenvalue weighted by Gasteiger charge is -2.30. The van der Waals surface area contributed by atoms with Gasteiger partial charge in [0.2, 0.25) is 0 Å². The molecule has 1 saturated heterocycles. The summed E-state index contributed by atoms with van der Waals surface area (Å²) < 4.78 is 5.33. The second kappa shape index (κ2) is 6.94. The fourth-order valence-corrected chi connectivity index (χ4v) is 2.83. The summed E-state index contributed by atoms with van der Waals surface area (Å²) in [6, 6.07) is 5.38. The molecular weight excluding hydrogens is 335 g/mol. The monoisotopic (exact) mass is 348 g/mol. The van der Waals surface area contributed by atoms with Crippen LogP contribution in [-0.2, 0) is 0 Å². The van der Waals surface area contributed by atoms with Crippen LogP contribution in [-0.4, -0.2) is 41.7 Å². The molecule has 114 valence electrons. The van der Waals surface area contributed by atoms with Gasteiger partial charge >= 0.3 is 0 Å². The first-order chi connectivity index (χ1) is 9.66. The summed E-state index contributed by atoms with van der Waals surface area (Å²) in [4.78, 5) is 6.64. The SMILES string of the molecule is CN1CCNCC1c1noc(-c2c(Cl)cccc2Cl)n1.Cl. The first-order valence-electron chi connectivity index (χ1n) is 6.36. The molecule has 1 aliphatic rings. The van der Waals surface area contributed by atoms with Crippen molar-refractivity contribution < 1.29 is 4.52 Å². The van der Waals surface area contributed by atoms with Gasteiger partial charge in [0.15, 0.2) is 5.82 Å². The maximum absolute atomic E-state index is 6.15. The summed E-state index contributed by atoms with van der Waals surface area (Å²) in [5.74, 6) is 1.00. The van der Waals surface area contributed by atoms with Crippen molar-refractivity contribution in [3.05, 3.63) is 34.1 Å². The highest BCUT2D eigenvalue weighted by molar-refractivity contribution is 6.38. The molecule has 0 saturated carbocycles. The van der Waals surface area contributed by atoms with Crippen molar-refractivity contribution in [2.75, 3.05) is 26.7 Å². The first kappa shape index (κ1) is 16.5.